The monoisotopic (exact) mass is 669 g/mol. The highest BCUT2D eigenvalue weighted by atomic mass is 19.1. The first-order valence-corrected chi connectivity index (χ1v) is 15.6. The number of aromatic amines is 1. The van der Waals surface area contributed by atoms with Crippen LogP contribution in [-0.2, 0) is 0 Å². The molecule has 1 atom stereocenters. The number of H-pyrrole nitrogens is 1. The summed E-state index contributed by atoms with van der Waals surface area (Å²) in [6.45, 7) is 4.91. The number of allylic oxidation sites excluding steroid dienone is 2. The largest absolute Gasteiger partial charge is 0.497 e. The molecule has 7 N–H and O–H groups in total. The molecular formula is C36H40FN7O5. The number of nitrogens with one attached hydrogen (secondary N) is 5. The lowest BCUT2D eigenvalue weighted by atomic mass is 9.97. The zero-order valence-electron chi connectivity index (χ0n) is 28.2. The van der Waals surface area contributed by atoms with Gasteiger partial charge in [0.25, 0.3) is 5.91 Å². The van der Waals surface area contributed by atoms with E-state index in [9.17, 15) is 14.4 Å². The van der Waals surface area contributed by atoms with Crippen LogP contribution < -0.4 is 36.5 Å². The molecule has 0 spiro atoms. The molecule has 4 aromatic rings. The van der Waals surface area contributed by atoms with Crippen LogP contribution in [0, 0.1) is 5.82 Å². The number of Topliss-reactive ketones (excluding diaryl/α,β-unsaturated/α-hetero) is 1. The second kappa shape index (κ2) is 14.6. The maximum absolute atomic E-state index is 15.2. The highest BCUT2D eigenvalue weighted by Gasteiger charge is 2.30. The summed E-state index contributed by atoms with van der Waals surface area (Å²) >= 11 is 0. The standard InChI is InChI=1S/C36H40FN7O5/c1-19(38)31(20(2)39-3)33-26(25-16-24(48-6)17-28(37)32(25)43-33)18-30-34(45)27-15-23(11-12-29(27)49-30)42-36(47)41-22-9-7-21(8-10-22)35(46)40-13-14-44(4)5/h7-12,15-19,39,43H,13-14,38H2,1-6H3,(H,40,46)(H2,41,42,47)/b30-18-,31-20+. The van der Waals surface area contributed by atoms with E-state index >= 15 is 4.39 Å². The van der Waals surface area contributed by atoms with Gasteiger partial charge in [0, 0.05) is 71.4 Å². The highest BCUT2D eigenvalue weighted by Crippen LogP contribution is 2.38. The number of carbonyl (C=O) groups excluding carboxylic acids is 3. The van der Waals surface area contributed by atoms with Gasteiger partial charge in [-0.2, -0.15) is 0 Å². The van der Waals surface area contributed by atoms with Crippen molar-refractivity contribution in [3.8, 4) is 11.5 Å². The molecule has 49 heavy (non-hydrogen) atoms. The van der Waals surface area contributed by atoms with Crippen molar-refractivity contribution in [3.05, 3.63) is 94.3 Å². The van der Waals surface area contributed by atoms with Crippen molar-refractivity contribution in [1.29, 1.82) is 0 Å². The summed E-state index contributed by atoms with van der Waals surface area (Å²) in [4.78, 5) is 43.9. The number of ketones is 1. The Balaban J connectivity index is 1.37. The van der Waals surface area contributed by atoms with Gasteiger partial charge >= 0.3 is 6.03 Å². The van der Waals surface area contributed by atoms with Gasteiger partial charge < -0.3 is 46.4 Å². The van der Waals surface area contributed by atoms with Gasteiger partial charge in [0.1, 0.15) is 11.5 Å². The Bertz CT molecular complexity index is 1980. The molecule has 2 heterocycles. The van der Waals surface area contributed by atoms with Gasteiger partial charge in [0.15, 0.2) is 11.6 Å². The summed E-state index contributed by atoms with van der Waals surface area (Å²) in [5.74, 6) is -0.527. The van der Waals surface area contributed by atoms with Crippen molar-refractivity contribution < 1.29 is 28.2 Å². The van der Waals surface area contributed by atoms with Crippen molar-refractivity contribution in [2.75, 3.05) is 52.0 Å². The number of methoxy groups -OCH3 is 1. The Kier molecular flexibility index (Phi) is 10.3. The van der Waals surface area contributed by atoms with Crippen LogP contribution in [0.2, 0.25) is 0 Å². The van der Waals surface area contributed by atoms with E-state index in [-0.39, 0.29) is 22.7 Å². The second-order valence-electron chi connectivity index (χ2n) is 11.9. The molecule has 0 saturated heterocycles. The first kappa shape index (κ1) is 34.7. The molecule has 0 saturated carbocycles. The number of benzene rings is 3. The van der Waals surface area contributed by atoms with Crippen molar-refractivity contribution in [1.82, 2.24) is 20.5 Å². The Morgan fingerprint density at radius 3 is 2.43 bits per heavy atom. The summed E-state index contributed by atoms with van der Waals surface area (Å²) in [5.41, 5.74) is 10.6. The highest BCUT2D eigenvalue weighted by molar-refractivity contribution is 6.16. The summed E-state index contributed by atoms with van der Waals surface area (Å²) in [6.07, 6.45) is 1.56. The Morgan fingerprint density at radius 2 is 1.78 bits per heavy atom. The molecule has 13 heteroatoms. The molecule has 1 aliphatic rings. The molecule has 1 unspecified atom stereocenters. The molecule has 1 aromatic heterocycles. The molecule has 12 nitrogen and oxygen atoms in total. The van der Waals surface area contributed by atoms with Crippen molar-refractivity contribution in [2.45, 2.75) is 19.9 Å². The van der Waals surface area contributed by atoms with Crippen LogP contribution in [0.15, 0.2) is 66.1 Å². The van der Waals surface area contributed by atoms with Crippen LogP contribution >= 0.6 is 0 Å². The van der Waals surface area contributed by atoms with Gasteiger partial charge in [0.05, 0.1) is 23.9 Å². The molecule has 3 amide bonds. The van der Waals surface area contributed by atoms with Crippen LogP contribution in [0.25, 0.3) is 22.6 Å². The lowest BCUT2D eigenvalue weighted by Gasteiger charge is -2.16. The van der Waals surface area contributed by atoms with Gasteiger partial charge in [-0.15, -0.1) is 0 Å². The minimum Gasteiger partial charge on any atom is -0.497 e. The van der Waals surface area contributed by atoms with Crippen LogP contribution in [0.1, 0.15) is 45.8 Å². The number of urea groups is 1. The number of ether oxygens (including phenoxy) is 2. The number of hydrogen-bond acceptors (Lipinski definition) is 8. The average Bonchev–Trinajstić information content (AvgIpc) is 3.57. The number of fused-ring (bicyclic) bond motifs is 2. The van der Waals surface area contributed by atoms with E-state index in [1.54, 1.807) is 55.6 Å². The second-order valence-corrected chi connectivity index (χ2v) is 11.9. The average molecular weight is 670 g/mol. The number of nitrogens with zero attached hydrogens (tertiary/aromatic N) is 1. The van der Waals surface area contributed by atoms with Gasteiger partial charge in [-0.05, 0) is 82.5 Å². The van der Waals surface area contributed by atoms with Crippen molar-refractivity contribution >= 4 is 51.6 Å². The minimum atomic E-state index is -0.542. The van der Waals surface area contributed by atoms with E-state index < -0.39 is 23.7 Å². The minimum absolute atomic E-state index is 0.0129. The third-order valence-electron chi connectivity index (χ3n) is 8.06. The summed E-state index contributed by atoms with van der Waals surface area (Å²) < 4.78 is 26.5. The Hall–Kier alpha value is -5.66. The van der Waals surface area contributed by atoms with E-state index in [0.29, 0.717) is 63.7 Å². The van der Waals surface area contributed by atoms with Gasteiger partial charge in [0.2, 0.25) is 5.78 Å². The molecular weight excluding hydrogens is 629 g/mol. The van der Waals surface area contributed by atoms with Gasteiger partial charge in [-0.25, -0.2) is 9.18 Å². The first-order valence-electron chi connectivity index (χ1n) is 15.6. The Morgan fingerprint density at radius 1 is 1.08 bits per heavy atom. The van der Waals surface area contributed by atoms with Gasteiger partial charge in [-0.3, -0.25) is 9.59 Å². The lowest BCUT2D eigenvalue weighted by molar-refractivity contribution is 0.0950. The fourth-order valence-corrected chi connectivity index (χ4v) is 5.51. The maximum atomic E-state index is 15.2. The smallest absolute Gasteiger partial charge is 0.323 e. The molecule has 256 valence electrons. The SMILES string of the molecule is CN/C(C)=C(/c1[nH]c2c(F)cc(OC)cc2c1/C=C1\Oc2ccc(NC(=O)Nc3ccc(C(=O)NCCN(C)C)cc3)cc2C1=O)C(C)N. The zero-order valence-corrected chi connectivity index (χ0v) is 28.2. The zero-order chi connectivity index (χ0) is 35.4. The number of hydrogen-bond donors (Lipinski definition) is 6. The van der Waals surface area contributed by atoms with Gasteiger partial charge in [-0.1, -0.05) is 0 Å². The number of rotatable bonds is 11. The molecule has 3 aromatic carbocycles. The molecule has 0 fully saturated rings. The molecule has 0 radical (unpaired) electrons. The van der Waals surface area contributed by atoms with Crippen LogP contribution in [0.4, 0.5) is 20.6 Å². The molecule has 5 rings (SSSR count). The number of amides is 3. The third kappa shape index (κ3) is 7.58. The topological polar surface area (TPSA) is 163 Å². The summed E-state index contributed by atoms with van der Waals surface area (Å²) in [5, 5.41) is 11.9. The number of aromatic nitrogens is 1. The van der Waals surface area contributed by atoms with Crippen LogP contribution in [0.3, 0.4) is 0 Å². The van der Waals surface area contributed by atoms with E-state index in [1.807, 2.05) is 32.8 Å². The number of anilines is 2. The van der Waals surface area contributed by atoms with E-state index in [0.717, 1.165) is 5.70 Å². The number of likely N-dealkylation sites (N-methyl/N-ethyl adjacent to an activating group) is 1. The predicted octanol–water partition coefficient (Wildman–Crippen LogP) is 5.16. The third-order valence-corrected chi connectivity index (χ3v) is 8.06. The molecule has 0 aliphatic carbocycles. The number of halogens is 1. The fourth-order valence-electron chi connectivity index (χ4n) is 5.51. The summed E-state index contributed by atoms with van der Waals surface area (Å²) in [6, 6.07) is 13.2. The van der Waals surface area contributed by atoms with E-state index in [1.165, 1.54) is 19.2 Å². The molecule has 1 aliphatic heterocycles. The normalized spacial score (nSPS) is 14.3. The first-order chi connectivity index (χ1) is 23.4. The number of nitrogens with two attached hydrogens (primary N) is 1. The number of carbonyl (C=O) groups is 3. The molecule has 0 bridgehead atoms. The Labute approximate surface area is 283 Å². The lowest BCUT2D eigenvalue weighted by Crippen LogP contribution is -2.31. The van der Waals surface area contributed by atoms with E-state index in [4.69, 9.17) is 15.2 Å². The maximum Gasteiger partial charge on any atom is 0.323 e. The van der Waals surface area contributed by atoms with Crippen molar-refractivity contribution in [3.63, 3.8) is 0 Å². The van der Waals surface area contributed by atoms with Crippen LogP contribution in [0.5, 0.6) is 11.5 Å². The van der Waals surface area contributed by atoms with E-state index in [2.05, 4.69) is 26.3 Å². The predicted molar refractivity (Wildman–Crippen MR) is 189 cm³/mol. The quantitative estimate of drug-likeness (QED) is 0.119. The fraction of sp³-hybridized carbons (Fsp3) is 0.250. The summed E-state index contributed by atoms with van der Waals surface area (Å²) in [7, 11) is 7.06. The van der Waals surface area contributed by atoms with Crippen LogP contribution in [-0.4, -0.2) is 75.0 Å². The van der Waals surface area contributed by atoms with Crippen molar-refractivity contribution in [2.24, 2.45) is 5.73 Å².